The predicted octanol–water partition coefficient (Wildman–Crippen LogP) is -0.426. The van der Waals surface area contributed by atoms with Gasteiger partial charge in [0.15, 0.2) is 0 Å². The second kappa shape index (κ2) is 3.75. The van der Waals surface area contributed by atoms with Crippen LogP contribution in [0, 0.1) is 5.92 Å². The molecule has 0 spiro atoms. The fourth-order valence-electron chi connectivity index (χ4n) is 1.48. The maximum atomic E-state index is 10.9. The Kier molecular flexibility index (Phi) is 3.08. The SMILES string of the molecule is O=C(O)[C@@H]1CCCN[C@@H]1P(=O)(O)O. The lowest BCUT2D eigenvalue weighted by Crippen LogP contribution is -2.44. The number of hydrogen-bond acceptors (Lipinski definition) is 3. The van der Waals surface area contributed by atoms with E-state index < -0.39 is 25.3 Å². The molecule has 6 nitrogen and oxygen atoms in total. The summed E-state index contributed by atoms with van der Waals surface area (Å²) in [7, 11) is -4.34. The molecule has 0 aliphatic carbocycles. The maximum Gasteiger partial charge on any atom is 0.343 e. The third-order valence-electron chi connectivity index (χ3n) is 2.11. The molecule has 1 saturated heterocycles. The number of piperidine rings is 1. The number of hydrogen-bond donors (Lipinski definition) is 4. The quantitative estimate of drug-likeness (QED) is 0.460. The van der Waals surface area contributed by atoms with Crippen molar-refractivity contribution in [2.75, 3.05) is 6.54 Å². The highest BCUT2D eigenvalue weighted by Gasteiger charge is 2.41. The normalized spacial score (nSPS) is 30.0. The second-order valence-corrected chi connectivity index (χ2v) is 4.81. The molecule has 1 fully saturated rings. The van der Waals surface area contributed by atoms with Crippen LogP contribution in [0.4, 0.5) is 0 Å². The topological polar surface area (TPSA) is 107 Å². The van der Waals surface area contributed by atoms with Gasteiger partial charge in [-0.15, -0.1) is 0 Å². The molecule has 1 heterocycles. The summed E-state index contributed by atoms with van der Waals surface area (Å²) >= 11 is 0. The molecule has 7 heteroatoms. The summed E-state index contributed by atoms with van der Waals surface area (Å²) in [5.41, 5.74) is 0. The van der Waals surface area contributed by atoms with Crippen molar-refractivity contribution in [2.24, 2.45) is 5.92 Å². The molecule has 0 aromatic carbocycles. The fraction of sp³-hybridized carbons (Fsp3) is 0.833. The van der Waals surface area contributed by atoms with Crippen LogP contribution in [0.15, 0.2) is 0 Å². The van der Waals surface area contributed by atoms with E-state index in [1.807, 2.05) is 0 Å². The summed E-state index contributed by atoms with van der Waals surface area (Å²) in [6.45, 7) is 0.458. The van der Waals surface area contributed by atoms with Crippen molar-refractivity contribution in [2.45, 2.75) is 18.6 Å². The molecule has 1 aliphatic heterocycles. The number of rotatable bonds is 2. The average molecular weight is 209 g/mol. The van der Waals surface area contributed by atoms with Gasteiger partial charge >= 0.3 is 13.6 Å². The zero-order valence-electron chi connectivity index (χ0n) is 6.88. The molecule has 4 N–H and O–H groups in total. The molecule has 0 bridgehead atoms. The molecule has 0 amide bonds. The number of carboxylic acids is 1. The van der Waals surface area contributed by atoms with Crippen molar-refractivity contribution in [3.8, 4) is 0 Å². The molecule has 0 radical (unpaired) electrons. The first-order chi connectivity index (χ1) is 5.93. The molecule has 76 valence electrons. The van der Waals surface area contributed by atoms with Crippen LogP contribution in [-0.2, 0) is 9.36 Å². The lowest BCUT2D eigenvalue weighted by atomic mass is 10.00. The molecule has 0 saturated carbocycles. The Labute approximate surface area is 75.1 Å². The highest BCUT2D eigenvalue weighted by molar-refractivity contribution is 7.52. The molecule has 0 aromatic heterocycles. The number of nitrogens with one attached hydrogen (secondary N) is 1. The minimum absolute atomic E-state index is 0.318. The third-order valence-corrected chi connectivity index (χ3v) is 3.37. The minimum Gasteiger partial charge on any atom is -0.481 e. The highest BCUT2D eigenvalue weighted by atomic mass is 31.2. The van der Waals surface area contributed by atoms with E-state index in [1.165, 1.54) is 0 Å². The molecule has 0 unspecified atom stereocenters. The lowest BCUT2D eigenvalue weighted by molar-refractivity contribution is -0.143. The van der Waals surface area contributed by atoms with E-state index >= 15 is 0 Å². The second-order valence-electron chi connectivity index (χ2n) is 3.08. The first-order valence-corrected chi connectivity index (χ1v) is 5.62. The Morgan fingerprint density at radius 2 is 2.08 bits per heavy atom. The largest absolute Gasteiger partial charge is 0.481 e. The Morgan fingerprint density at radius 1 is 1.46 bits per heavy atom. The first-order valence-electron chi connectivity index (χ1n) is 3.94. The minimum atomic E-state index is -4.34. The van der Waals surface area contributed by atoms with Gasteiger partial charge in [0.2, 0.25) is 0 Å². The summed E-state index contributed by atoms with van der Waals surface area (Å²) in [5.74, 6) is -3.35. The Balaban J connectivity index is 2.79. The third kappa shape index (κ3) is 2.51. The van der Waals surface area contributed by atoms with E-state index in [9.17, 15) is 9.36 Å². The van der Waals surface area contributed by atoms with Gasteiger partial charge in [-0.1, -0.05) is 0 Å². The van der Waals surface area contributed by atoms with Gasteiger partial charge < -0.3 is 20.2 Å². The van der Waals surface area contributed by atoms with Crippen LogP contribution in [0.3, 0.4) is 0 Å². The number of aliphatic carboxylic acids is 1. The summed E-state index contributed by atoms with van der Waals surface area (Å²) in [6, 6.07) is 0. The Morgan fingerprint density at radius 3 is 2.46 bits per heavy atom. The predicted molar refractivity (Wildman–Crippen MR) is 44.2 cm³/mol. The summed E-state index contributed by atoms with van der Waals surface area (Å²) in [5, 5.41) is 11.2. The zero-order valence-corrected chi connectivity index (χ0v) is 7.78. The van der Waals surface area contributed by atoms with Gasteiger partial charge in [0.1, 0.15) is 5.78 Å². The molecule has 2 atom stereocenters. The van der Waals surface area contributed by atoms with E-state index in [0.29, 0.717) is 19.4 Å². The van der Waals surface area contributed by atoms with E-state index in [-0.39, 0.29) is 0 Å². The summed E-state index contributed by atoms with van der Waals surface area (Å²) < 4.78 is 10.9. The van der Waals surface area contributed by atoms with Crippen LogP contribution in [-0.4, -0.2) is 33.2 Å². The summed E-state index contributed by atoms with van der Waals surface area (Å²) in [6.07, 6.45) is 0.950. The molecule has 0 aromatic rings. The van der Waals surface area contributed by atoms with E-state index in [1.54, 1.807) is 0 Å². The lowest BCUT2D eigenvalue weighted by Gasteiger charge is -2.29. The zero-order chi connectivity index (χ0) is 10.1. The van der Waals surface area contributed by atoms with Crippen molar-refractivity contribution in [1.82, 2.24) is 5.32 Å². The number of carboxylic acid groups (broad SMARTS) is 1. The maximum absolute atomic E-state index is 10.9. The average Bonchev–Trinajstić information content (AvgIpc) is 2.03. The molecular formula is C6H12NO5P. The van der Waals surface area contributed by atoms with Gasteiger partial charge in [-0.2, -0.15) is 0 Å². The van der Waals surface area contributed by atoms with Crippen LogP contribution < -0.4 is 5.32 Å². The monoisotopic (exact) mass is 209 g/mol. The molecule has 13 heavy (non-hydrogen) atoms. The first kappa shape index (κ1) is 10.7. The van der Waals surface area contributed by atoms with E-state index in [4.69, 9.17) is 14.9 Å². The van der Waals surface area contributed by atoms with E-state index in [0.717, 1.165) is 0 Å². The van der Waals surface area contributed by atoms with Crippen molar-refractivity contribution >= 4 is 13.6 Å². The summed E-state index contributed by atoms with van der Waals surface area (Å²) in [4.78, 5) is 28.3. The van der Waals surface area contributed by atoms with Crippen molar-refractivity contribution in [3.05, 3.63) is 0 Å². The smallest absolute Gasteiger partial charge is 0.343 e. The van der Waals surface area contributed by atoms with Gasteiger partial charge in [0, 0.05) is 0 Å². The standard InChI is InChI=1S/C6H12NO5P/c8-6(9)4-2-1-3-7-5(4)13(10,11)12/h4-5,7H,1-3H2,(H,8,9)(H2,10,11,12)/t4-,5-/m1/s1. The van der Waals surface area contributed by atoms with E-state index in [2.05, 4.69) is 5.32 Å². The van der Waals surface area contributed by atoms with Crippen LogP contribution in [0.25, 0.3) is 0 Å². The highest BCUT2D eigenvalue weighted by Crippen LogP contribution is 2.45. The van der Waals surface area contributed by atoms with Gasteiger partial charge in [0.05, 0.1) is 5.92 Å². The Hall–Kier alpha value is -0.420. The Bertz CT molecular complexity index is 249. The number of carbonyl (C=O) groups is 1. The van der Waals surface area contributed by atoms with Crippen molar-refractivity contribution < 1.29 is 24.3 Å². The van der Waals surface area contributed by atoms with Gasteiger partial charge in [-0.3, -0.25) is 9.36 Å². The van der Waals surface area contributed by atoms with Gasteiger partial charge in [-0.25, -0.2) is 0 Å². The van der Waals surface area contributed by atoms with Crippen LogP contribution in [0.2, 0.25) is 0 Å². The van der Waals surface area contributed by atoms with Gasteiger partial charge in [-0.05, 0) is 19.4 Å². The van der Waals surface area contributed by atoms with Crippen molar-refractivity contribution in [1.29, 1.82) is 0 Å². The van der Waals surface area contributed by atoms with Crippen molar-refractivity contribution in [3.63, 3.8) is 0 Å². The molecule has 1 rings (SSSR count). The van der Waals surface area contributed by atoms with Gasteiger partial charge in [0.25, 0.3) is 0 Å². The molecule has 1 aliphatic rings. The van der Waals surface area contributed by atoms with Crippen LogP contribution >= 0.6 is 7.60 Å². The van der Waals surface area contributed by atoms with Crippen LogP contribution in [0.5, 0.6) is 0 Å². The fourth-order valence-corrected chi connectivity index (χ4v) is 2.60. The molecular weight excluding hydrogens is 197 g/mol. The van der Waals surface area contributed by atoms with Crippen LogP contribution in [0.1, 0.15) is 12.8 Å².